The van der Waals surface area contributed by atoms with E-state index in [2.05, 4.69) is 0 Å². The van der Waals surface area contributed by atoms with Crippen molar-refractivity contribution in [3.05, 3.63) is 69.9 Å². The van der Waals surface area contributed by atoms with Gasteiger partial charge in [-0.1, -0.05) is 17.7 Å². The van der Waals surface area contributed by atoms with Gasteiger partial charge in [0, 0.05) is 21.7 Å². The van der Waals surface area contributed by atoms with Crippen LogP contribution < -0.4 is 19.3 Å². The molecular weight excluding hydrogens is 424 g/mol. The van der Waals surface area contributed by atoms with E-state index in [1.165, 1.54) is 28.2 Å². The van der Waals surface area contributed by atoms with E-state index in [1.807, 2.05) is 17.5 Å². The normalized spacial score (nSPS) is 16.7. The van der Waals surface area contributed by atoms with Gasteiger partial charge in [0.15, 0.2) is 6.04 Å². The number of anilines is 2. The molecule has 0 unspecified atom stereocenters. The lowest BCUT2D eigenvalue weighted by molar-refractivity contribution is -0.128. The maximum Gasteiger partial charge on any atom is 0.256 e. The second kappa shape index (κ2) is 8.38. The van der Waals surface area contributed by atoms with Gasteiger partial charge in [-0.25, -0.2) is 0 Å². The van der Waals surface area contributed by atoms with Crippen LogP contribution in [0, 0.1) is 0 Å². The number of amides is 2. The Morgan fingerprint density at radius 1 is 1.03 bits per heavy atom. The highest BCUT2D eigenvalue weighted by Gasteiger charge is 2.43. The first-order valence-corrected chi connectivity index (χ1v) is 10.4. The third-order valence-electron chi connectivity index (χ3n) is 4.91. The van der Waals surface area contributed by atoms with Crippen molar-refractivity contribution in [1.82, 2.24) is 0 Å². The minimum atomic E-state index is -0.789. The molecule has 0 bridgehead atoms. The monoisotopic (exact) mass is 442 g/mol. The van der Waals surface area contributed by atoms with E-state index in [9.17, 15) is 9.59 Å². The van der Waals surface area contributed by atoms with Crippen LogP contribution in [0.15, 0.2) is 60.0 Å². The number of methoxy groups -OCH3 is 2. The van der Waals surface area contributed by atoms with Gasteiger partial charge in [0.25, 0.3) is 5.91 Å². The maximum absolute atomic E-state index is 13.7. The molecule has 0 saturated carbocycles. The summed E-state index contributed by atoms with van der Waals surface area (Å²) < 4.78 is 10.8. The van der Waals surface area contributed by atoms with Gasteiger partial charge in [-0.15, -0.1) is 11.3 Å². The summed E-state index contributed by atoms with van der Waals surface area (Å²) in [5.74, 6) is 0.624. The SMILES string of the molecule is COc1ccc(OC)c(N2CC(=O)N(c3ccc(Cl)cc3)[C@H](c3cccs3)C2=O)c1. The molecule has 0 aliphatic carbocycles. The van der Waals surface area contributed by atoms with Gasteiger partial charge in [-0.2, -0.15) is 0 Å². The van der Waals surface area contributed by atoms with E-state index >= 15 is 0 Å². The van der Waals surface area contributed by atoms with E-state index in [0.717, 1.165) is 4.88 Å². The largest absolute Gasteiger partial charge is 0.497 e. The molecule has 2 amide bonds. The molecule has 0 spiro atoms. The smallest absolute Gasteiger partial charge is 0.256 e. The first-order valence-electron chi connectivity index (χ1n) is 9.18. The van der Waals surface area contributed by atoms with Crippen LogP contribution in [-0.2, 0) is 9.59 Å². The fourth-order valence-electron chi connectivity index (χ4n) is 3.49. The molecule has 2 heterocycles. The molecule has 1 aliphatic rings. The number of halogens is 1. The molecule has 1 atom stereocenters. The van der Waals surface area contributed by atoms with Gasteiger partial charge in [-0.05, 0) is 47.8 Å². The standard InChI is InChI=1S/C22H19ClN2O4S/c1-28-16-9-10-18(29-2)17(12-16)24-13-20(26)25(15-7-5-14(23)6-8-15)21(22(24)27)19-4-3-11-30-19/h3-12,21H,13H2,1-2H3/t21-/m1/s1. The quantitative estimate of drug-likeness (QED) is 0.582. The number of carbonyl (C=O) groups excluding carboxylic acids is 2. The van der Waals surface area contributed by atoms with Gasteiger partial charge >= 0.3 is 0 Å². The molecule has 4 rings (SSSR count). The van der Waals surface area contributed by atoms with Crippen molar-refractivity contribution in [2.24, 2.45) is 0 Å². The van der Waals surface area contributed by atoms with Crippen LogP contribution in [0.3, 0.4) is 0 Å². The van der Waals surface area contributed by atoms with Gasteiger partial charge in [0.2, 0.25) is 5.91 Å². The van der Waals surface area contributed by atoms with Crippen molar-refractivity contribution in [1.29, 1.82) is 0 Å². The fourth-order valence-corrected chi connectivity index (χ4v) is 4.43. The van der Waals surface area contributed by atoms with Gasteiger partial charge in [0.1, 0.15) is 18.0 Å². The van der Waals surface area contributed by atoms with Crippen LogP contribution in [-0.4, -0.2) is 32.6 Å². The van der Waals surface area contributed by atoms with E-state index < -0.39 is 6.04 Å². The molecule has 8 heteroatoms. The molecule has 1 aromatic heterocycles. The van der Waals surface area contributed by atoms with Crippen LogP contribution in [0.25, 0.3) is 0 Å². The molecule has 1 fully saturated rings. The highest BCUT2D eigenvalue weighted by Crippen LogP contribution is 2.40. The van der Waals surface area contributed by atoms with E-state index in [-0.39, 0.29) is 18.4 Å². The van der Waals surface area contributed by atoms with Crippen molar-refractivity contribution in [2.45, 2.75) is 6.04 Å². The molecule has 2 aromatic carbocycles. The molecule has 1 saturated heterocycles. The number of carbonyl (C=O) groups is 2. The summed E-state index contributed by atoms with van der Waals surface area (Å²) in [5.41, 5.74) is 1.11. The average Bonchev–Trinajstić information content (AvgIpc) is 3.29. The second-order valence-electron chi connectivity index (χ2n) is 6.62. The average molecular weight is 443 g/mol. The second-order valence-corrected chi connectivity index (χ2v) is 8.04. The van der Waals surface area contributed by atoms with Gasteiger partial charge in [-0.3, -0.25) is 19.4 Å². The number of benzene rings is 2. The van der Waals surface area contributed by atoms with E-state index in [4.69, 9.17) is 21.1 Å². The van der Waals surface area contributed by atoms with Crippen LogP contribution in [0.4, 0.5) is 11.4 Å². The van der Waals surface area contributed by atoms with E-state index in [0.29, 0.717) is 27.9 Å². The topological polar surface area (TPSA) is 59.1 Å². The maximum atomic E-state index is 13.7. The molecule has 0 radical (unpaired) electrons. The summed E-state index contributed by atoms with van der Waals surface area (Å²) in [6, 6.07) is 15.0. The first-order chi connectivity index (χ1) is 14.5. The van der Waals surface area contributed by atoms with Crippen LogP contribution >= 0.6 is 22.9 Å². The number of ether oxygens (including phenoxy) is 2. The molecule has 0 N–H and O–H groups in total. The Labute approximate surface area is 183 Å². The minimum Gasteiger partial charge on any atom is -0.497 e. The number of piperazine rings is 1. The van der Waals surface area contributed by atoms with Crippen molar-refractivity contribution in [3.63, 3.8) is 0 Å². The Bertz CT molecular complexity index is 1070. The lowest BCUT2D eigenvalue weighted by Crippen LogP contribution is -2.56. The molecule has 3 aromatic rings. The Morgan fingerprint density at radius 2 is 1.80 bits per heavy atom. The van der Waals surface area contributed by atoms with Crippen LogP contribution in [0.5, 0.6) is 11.5 Å². The molecule has 154 valence electrons. The Kier molecular flexibility index (Phi) is 5.65. The third-order valence-corrected chi connectivity index (χ3v) is 6.09. The molecular formula is C22H19ClN2O4S. The van der Waals surface area contributed by atoms with Crippen molar-refractivity contribution < 1.29 is 19.1 Å². The zero-order valence-electron chi connectivity index (χ0n) is 16.4. The predicted molar refractivity (Wildman–Crippen MR) is 118 cm³/mol. The summed E-state index contributed by atoms with van der Waals surface area (Å²) in [4.78, 5) is 30.8. The molecule has 6 nitrogen and oxygen atoms in total. The van der Waals surface area contributed by atoms with Gasteiger partial charge in [0.05, 0.1) is 19.9 Å². The number of nitrogens with zero attached hydrogens (tertiary/aromatic N) is 2. The zero-order chi connectivity index (χ0) is 21.3. The predicted octanol–water partition coefficient (Wildman–Crippen LogP) is 4.54. The Morgan fingerprint density at radius 3 is 2.43 bits per heavy atom. The molecule has 1 aliphatic heterocycles. The lowest BCUT2D eigenvalue weighted by Gasteiger charge is -2.40. The number of hydrogen-bond donors (Lipinski definition) is 0. The minimum absolute atomic E-state index is 0.118. The van der Waals surface area contributed by atoms with Gasteiger partial charge < -0.3 is 9.47 Å². The Balaban J connectivity index is 1.81. The number of rotatable bonds is 5. The molecule has 30 heavy (non-hydrogen) atoms. The van der Waals surface area contributed by atoms with Crippen molar-refractivity contribution in [3.8, 4) is 11.5 Å². The number of thiophene rings is 1. The summed E-state index contributed by atoms with van der Waals surface area (Å²) in [5, 5.41) is 2.45. The lowest BCUT2D eigenvalue weighted by atomic mass is 10.1. The van der Waals surface area contributed by atoms with E-state index in [1.54, 1.807) is 49.6 Å². The summed E-state index contributed by atoms with van der Waals surface area (Å²) in [7, 11) is 3.07. The Hall–Kier alpha value is -3.03. The van der Waals surface area contributed by atoms with Crippen molar-refractivity contribution >= 4 is 46.1 Å². The van der Waals surface area contributed by atoms with Crippen LogP contribution in [0.1, 0.15) is 10.9 Å². The highest BCUT2D eigenvalue weighted by atomic mass is 35.5. The summed E-state index contributed by atoms with van der Waals surface area (Å²) in [6.45, 7) is -0.118. The zero-order valence-corrected chi connectivity index (χ0v) is 17.9. The third kappa shape index (κ3) is 3.62. The number of hydrogen-bond acceptors (Lipinski definition) is 5. The van der Waals surface area contributed by atoms with Crippen molar-refractivity contribution in [2.75, 3.05) is 30.6 Å². The highest BCUT2D eigenvalue weighted by molar-refractivity contribution is 7.10. The van der Waals surface area contributed by atoms with Crippen LogP contribution in [0.2, 0.25) is 5.02 Å². The summed E-state index contributed by atoms with van der Waals surface area (Å²) >= 11 is 7.44. The first kappa shape index (κ1) is 20.3. The fraction of sp³-hybridized carbons (Fsp3) is 0.182. The summed E-state index contributed by atoms with van der Waals surface area (Å²) in [6.07, 6.45) is 0.